The van der Waals surface area contributed by atoms with Crippen LogP contribution in [0.1, 0.15) is 38.1 Å². The molecule has 2 atom stereocenters. The van der Waals surface area contributed by atoms with Crippen LogP contribution < -0.4 is 16.0 Å². The summed E-state index contributed by atoms with van der Waals surface area (Å²) < 4.78 is 49.4. The number of rotatable bonds is 9. The molecule has 1 aliphatic heterocycles. The Morgan fingerprint density at radius 3 is 2.54 bits per heavy atom. The summed E-state index contributed by atoms with van der Waals surface area (Å²) in [6.07, 6.45) is 3.87. The summed E-state index contributed by atoms with van der Waals surface area (Å²) in [5.41, 5.74) is 0.331. The van der Waals surface area contributed by atoms with Gasteiger partial charge in [-0.25, -0.2) is 23.1 Å². The molecular weight excluding hydrogens is 519 g/mol. The number of amides is 1. The first-order chi connectivity index (χ1) is 18.8. The Morgan fingerprint density at radius 1 is 1.13 bits per heavy atom. The summed E-state index contributed by atoms with van der Waals surface area (Å²) >= 11 is 0. The molecule has 1 saturated carbocycles. The fraction of sp³-hybridized carbons (Fsp3) is 0.520. The molecule has 1 aliphatic carbocycles. The van der Waals surface area contributed by atoms with Crippen molar-refractivity contribution in [1.29, 1.82) is 0 Å². The molecule has 3 heterocycles. The fourth-order valence-electron chi connectivity index (χ4n) is 5.00. The predicted octanol–water partition coefficient (Wildman–Crippen LogP) is 2.39. The average molecular weight is 550 g/mol. The van der Waals surface area contributed by atoms with E-state index in [-0.39, 0.29) is 36.4 Å². The second-order valence-electron chi connectivity index (χ2n) is 9.87. The number of nitrogens with one attached hydrogen (secondary N) is 3. The van der Waals surface area contributed by atoms with Crippen molar-refractivity contribution in [3.05, 3.63) is 35.8 Å². The first kappa shape index (κ1) is 27.1. The number of carbonyl (C=O) groups excluding carboxylic acids is 1. The van der Waals surface area contributed by atoms with Crippen LogP contribution >= 0.6 is 0 Å². The monoisotopic (exact) mass is 549 g/mol. The Bertz CT molecular complexity index is 1300. The highest BCUT2D eigenvalue weighted by Gasteiger charge is 2.29. The van der Waals surface area contributed by atoms with Gasteiger partial charge in [-0.1, -0.05) is 0 Å². The number of hydrogen-bond acceptors (Lipinski definition) is 9. The van der Waals surface area contributed by atoms with E-state index in [2.05, 4.69) is 30.9 Å². The van der Waals surface area contributed by atoms with Crippen LogP contribution in [0, 0.1) is 23.4 Å². The van der Waals surface area contributed by atoms with Gasteiger partial charge in [-0.2, -0.15) is 4.98 Å². The molecular formula is C25H30F3N7O4. The molecule has 3 aromatic rings. The van der Waals surface area contributed by atoms with Gasteiger partial charge in [0.15, 0.2) is 17.3 Å². The minimum Gasteiger partial charge on any atom is -0.394 e. The zero-order chi connectivity index (χ0) is 27.5. The van der Waals surface area contributed by atoms with Crippen LogP contribution in [0.3, 0.4) is 0 Å². The Balaban J connectivity index is 1.32. The number of aromatic nitrogens is 4. The van der Waals surface area contributed by atoms with Crippen molar-refractivity contribution in [1.82, 2.24) is 24.8 Å². The summed E-state index contributed by atoms with van der Waals surface area (Å²) in [5.74, 6) is -3.03. The van der Waals surface area contributed by atoms with E-state index in [9.17, 15) is 23.1 Å². The van der Waals surface area contributed by atoms with E-state index in [4.69, 9.17) is 9.84 Å². The number of imidazole rings is 1. The van der Waals surface area contributed by atoms with E-state index in [1.54, 1.807) is 4.57 Å². The van der Waals surface area contributed by atoms with Crippen molar-refractivity contribution < 1.29 is 32.9 Å². The van der Waals surface area contributed by atoms with Crippen molar-refractivity contribution in [3.63, 3.8) is 0 Å². The second kappa shape index (κ2) is 11.7. The number of ether oxygens (including phenoxy) is 1. The zero-order valence-corrected chi connectivity index (χ0v) is 21.0. The number of anilines is 3. The van der Waals surface area contributed by atoms with Gasteiger partial charge >= 0.3 is 0 Å². The fourth-order valence-corrected chi connectivity index (χ4v) is 5.00. The molecule has 1 saturated heterocycles. The standard InChI is InChI=1S/C25H30F3N7O4/c26-14-7-18(27)21(19(28)8-14)33-25-32-20-10-30-24(34-22(20)35(25)16-5-6-39-12-16)31-15-3-1-13(2-4-15)23(38)29-9-17(37)11-36/h7-8,10,13,15-17,36-37H,1-6,9,11-12H2,(H,29,38)(H,32,33)(H,30,31,34)/t13?,15?,16-,17-/m0/s1. The van der Waals surface area contributed by atoms with E-state index in [1.807, 2.05) is 0 Å². The molecule has 5 N–H and O–H groups in total. The number of hydrogen-bond donors (Lipinski definition) is 5. The van der Waals surface area contributed by atoms with Crippen LogP contribution in [0.25, 0.3) is 11.2 Å². The molecule has 2 aliphatic rings. The van der Waals surface area contributed by atoms with Gasteiger partial charge in [-0.05, 0) is 32.1 Å². The lowest BCUT2D eigenvalue weighted by atomic mass is 9.85. The van der Waals surface area contributed by atoms with Crippen molar-refractivity contribution in [2.75, 3.05) is 37.0 Å². The quantitative estimate of drug-likeness (QED) is 0.272. The van der Waals surface area contributed by atoms with Gasteiger partial charge in [-0.15, -0.1) is 0 Å². The predicted molar refractivity (Wildman–Crippen MR) is 135 cm³/mol. The van der Waals surface area contributed by atoms with Crippen molar-refractivity contribution in [2.45, 2.75) is 50.3 Å². The molecule has 2 aromatic heterocycles. The van der Waals surface area contributed by atoms with Crippen LogP contribution in [0.2, 0.25) is 0 Å². The Morgan fingerprint density at radius 2 is 1.87 bits per heavy atom. The minimum absolute atomic E-state index is 0.0123. The molecule has 0 radical (unpaired) electrons. The van der Waals surface area contributed by atoms with Gasteiger partial charge in [0, 0.05) is 37.2 Å². The lowest BCUT2D eigenvalue weighted by Gasteiger charge is -2.28. The number of aliphatic hydroxyl groups is 2. The van der Waals surface area contributed by atoms with Crippen LogP contribution in [0.5, 0.6) is 0 Å². The number of nitrogens with zero attached hydrogens (tertiary/aromatic N) is 4. The summed E-state index contributed by atoms with van der Waals surface area (Å²) in [6, 6.07) is 1.02. The SMILES string of the molecule is O=C(NC[C@H](O)CO)C1CCC(Nc2ncc3nc(Nc4c(F)cc(F)cc4F)n([C@H]4CCOC4)c3n2)CC1. The number of halogens is 3. The zero-order valence-electron chi connectivity index (χ0n) is 21.0. The van der Waals surface area contributed by atoms with Crippen molar-refractivity contribution >= 4 is 34.7 Å². The van der Waals surface area contributed by atoms with Gasteiger partial charge in [-0.3, -0.25) is 9.36 Å². The molecule has 39 heavy (non-hydrogen) atoms. The highest BCUT2D eigenvalue weighted by Crippen LogP contribution is 2.32. The minimum atomic E-state index is -1.09. The molecule has 0 spiro atoms. The highest BCUT2D eigenvalue weighted by atomic mass is 19.1. The van der Waals surface area contributed by atoms with E-state index in [0.29, 0.717) is 74.6 Å². The third-order valence-corrected chi connectivity index (χ3v) is 7.10. The molecule has 1 amide bonds. The van der Waals surface area contributed by atoms with E-state index in [1.165, 1.54) is 6.20 Å². The van der Waals surface area contributed by atoms with Crippen LogP contribution in [-0.4, -0.2) is 74.2 Å². The Hall–Kier alpha value is -3.49. The first-order valence-electron chi connectivity index (χ1n) is 12.9. The Kier molecular flexibility index (Phi) is 8.14. The van der Waals surface area contributed by atoms with Gasteiger partial charge in [0.2, 0.25) is 17.8 Å². The van der Waals surface area contributed by atoms with E-state index in [0.717, 1.165) is 0 Å². The van der Waals surface area contributed by atoms with Gasteiger partial charge in [0.25, 0.3) is 0 Å². The summed E-state index contributed by atoms with van der Waals surface area (Å²) in [6.45, 7) is 0.474. The van der Waals surface area contributed by atoms with Gasteiger partial charge in [0.05, 0.1) is 31.6 Å². The molecule has 5 rings (SSSR count). The molecule has 2 fully saturated rings. The van der Waals surface area contributed by atoms with Crippen LogP contribution in [0.4, 0.5) is 30.8 Å². The number of aliphatic hydroxyl groups excluding tert-OH is 2. The molecule has 210 valence electrons. The van der Waals surface area contributed by atoms with Crippen molar-refractivity contribution in [3.8, 4) is 0 Å². The number of fused-ring (bicyclic) bond motifs is 1. The first-order valence-corrected chi connectivity index (χ1v) is 12.9. The third-order valence-electron chi connectivity index (χ3n) is 7.10. The molecule has 14 heteroatoms. The lowest BCUT2D eigenvalue weighted by molar-refractivity contribution is -0.126. The van der Waals surface area contributed by atoms with E-state index >= 15 is 0 Å². The summed E-state index contributed by atoms with van der Waals surface area (Å²) in [4.78, 5) is 25.8. The van der Waals surface area contributed by atoms with Crippen LogP contribution in [0.15, 0.2) is 18.3 Å². The highest BCUT2D eigenvalue weighted by molar-refractivity contribution is 5.79. The largest absolute Gasteiger partial charge is 0.394 e. The average Bonchev–Trinajstić information content (AvgIpc) is 3.57. The maximum atomic E-state index is 14.4. The number of benzene rings is 1. The van der Waals surface area contributed by atoms with Gasteiger partial charge < -0.3 is 30.9 Å². The second-order valence-corrected chi connectivity index (χ2v) is 9.87. The molecule has 11 nitrogen and oxygen atoms in total. The van der Waals surface area contributed by atoms with E-state index < -0.39 is 35.8 Å². The van der Waals surface area contributed by atoms with Crippen molar-refractivity contribution in [2.24, 2.45) is 5.92 Å². The Labute approximate surface area is 221 Å². The van der Waals surface area contributed by atoms with Gasteiger partial charge in [0.1, 0.15) is 17.0 Å². The lowest BCUT2D eigenvalue weighted by Crippen LogP contribution is -2.40. The normalized spacial score (nSPS) is 22.1. The maximum Gasteiger partial charge on any atom is 0.224 e. The number of carbonyl (C=O) groups is 1. The molecule has 0 bridgehead atoms. The summed E-state index contributed by atoms with van der Waals surface area (Å²) in [5, 5.41) is 27.0. The molecule has 1 aromatic carbocycles. The smallest absolute Gasteiger partial charge is 0.224 e. The van der Waals surface area contributed by atoms with Crippen LogP contribution in [-0.2, 0) is 9.53 Å². The summed E-state index contributed by atoms with van der Waals surface area (Å²) in [7, 11) is 0. The maximum absolute atomic E-state index is 14.4. The topological polar surface area (TPSA) is 146 Å². The molecule has 0 unspecified atom stereocenters. The third kappa shape index (κ3) is 6.07.